The van der Waals surface area contributed by atoms with Crippen LogP contribution in [0, 0.1) is 5.92 Å². The molecule has 1 heterocycles. The summed E-state index contributed by atoms with van der Waals surface area (Å²) in [6.45, 7) is 2.17. The number of ether oxygens (including phenoxy) is 1. The average Bonchev–Trinajstić information content (AvgIpc) is 3.07. The lowest BCUT2D eigenvalue weighted by Gasteiger charge is -2.35. The van der Waals surface area contributed by atoms with Gasteiger partial charge in [-0.15, -0.1) is 0 Å². The molecule has 4 atom stereocenters. The van der Waals surface area contributed by atoms with E-state index in [1.54, 1.807) is 0 Å². The van der Waals surface area contributed by atoms with Gasteiger partial charge in [0.1, 0.15) is 6.04 Å². The number of carbonyl (C=O) groups is 1. The molecule has 1 aliphatic carbocycles. The lowest BCUT2D eigenvalue weighted by molar-refractivity contribution is -0.148. The van der Waals surface area contributed by atoms with Gasteiger partial charge in [-0.25, -0.2) is 0 Å². The zero-order valence-electron chi connectivity index (χ0n) is 11.3. The minimum Gasteiger partial charge on any atom is -0.468 e. The van der Waals surface area contributed by atoms with Crippen molar-refractivity contribution in [3.05, 3.63) is 48.0 Å². The summed E-state index contributed by atoms with van der Waals surface area (Å²) in [6, 6.07) is 10.8. The van der Waals surface area contributed by atoms with Crippen LogP contribution in [0.3, 0.4) is 0 Å². The van der Waals surface area contributed by atoms with Crippen molar-refractivity contribution in [2.75, 3.05) is 7.11 Å². The zero-order valence-corrected chi connectivity index (χ0v) is 11.3. The predicted molar refractivity (Wildman–Crippen MR) is 73.5 cm³/mol. The summed E-state index contributed by atoms with van der Waals surface area (Å²) in [5.41, 5.74) is 1.25. The van der Waals surface area contributed by atoms with E-state index in [0.717, 1.165) is 6.42 Å². The first kappa shape index (κ1) is 12.4. The number of rotatable bonds is 3. The first-order valence-corrected chi connectivity index (χ1v) is 6.81. The molecule has 0 aromatic heterocycles. The number of hydrogen-bond donors (Lipinski definition) is 0. The zero-order chi connectivity index (χ0) is 13.4. The number of methoxy groups -OCH3 is 1. The first-order chi connectivity index (χ1) is 9.22. The number of nitrogens with zero attached hydrogens (tertiary/aromatic N) is 1. The Morgan fingerprint density at radius 2 is 2.05 bits per heavy atom. The highest BCUT2D eigenvalue weighted by molar-refractivity contribution is 5.77. The number of likely N-dealkylation sites (tertiary alicyclic amines) is 1. The van der Waals surface area contributed by atoms with E-state index in [1.165, 1.54) is 12.7 Å². The molecule has 1 aliphatic heterocycles. The van der Waals surface area contributed by atoms with Gasteiger partial charge in [-0.2, -0.15) is 0 Å². The third-order valence-corrected chi connectivity index (χ3v) is 4.38. The SMILES string of the molecule is COC(=O)[C@@H]1C2C=CC(C2)N1[C@H](C)c1ccccc1. The Bertz CT molecular complexity index is 497. The van der Waals surface area contributed by atoms with Crippen molar-refractivity contribution in [3.63, 3.8) is 0 Å². The number of hydrogen-bond acceptors (Lipinski definition) is 3. The van der Waals surface area contributed by atoms with Crippen LogP contribution in [0.5, 0.6) is 0 Å². The van der Waals surface area contributed by atoms with Crippen LogP contribution in [0.15, 0.2) is 42.5 Å². The minimum absolute atomic E-state index is 0.111. The van der Waals surface area contributed by atoms with Gasteiger partial charge in [0, 0.05) is 18.0 Å². The van der Waals surface area contributed by atoms with Gasteiger partial charge >= 0.3 is 5.97 Å². The quantitative estimate of drug-likeness (QED) is 0.615. The van der Waals surface area contributed by atoms with Crippen LogP contribution < -0.4 is 0 Å². The second-order valence-corrected chi connectivity index (χ2v) is 5.35. The number of fused-ring (bicyclic) bond motifs is 2. The summed E-state index contributed by atoms with van der Waals surface area (Å²) in [5, 5.41) is 0. The normalized spacial score (nSPS) is 30.5. The molecule has 1 saturated heterocycles. The molecule has 1 aromatic carbocycles. The van der Waals surface area contributed by atoms with Crippen molar-refractivity contribution in [1.29, 1.82) is 0 Å². The van der Waals surface area contributed by atoms with E-state index in [0.29, 0.717) is 12.0 Å². The number of carbonyl (C=O) groups excluding carboxylic acids is 1. The predicted octanol–water partition coefficient (Wildman–Crippen LogP) is 2.55. The Morgan fingerprint density at radius 1 is 1.32 bits per heavy atom. The van der Waals surface area contributed by atoms with Gasteiger partial charge < -0.3 is 4.74 Å². The molecular formula is C16H19NO2. The minimum atomic E-state index is -0.129. The van der Waals surface area contributed by atoms with E-state index < -0.39 is 0 Å². The molecule has 100 valence electrons. The number of benzene rings is 1. The van der Waals surface area contributed by atoms with Crippen LogP contribution >= 0.6 is 0 Å². The second kappa shape index (κ2) is 4.82. The summed E-state index contributed by atoms with van der Waals surface area (Å²) < 4.78 is 4.99. The molecular weight excluding hydrogens is 238 g/mol. The van der Waals surface area contributed by atoms with Crippen LogP contribution in [0.25, 0.3) is 0 Å². The molecule has 1 fully saturated rings. The fourth-order valence-electron chi connectivity index (χ4n) is 3.44. The molecule has 0 saturated carbocycles. The molecule has 3 rings (SSSR count). The van der Waals surface area contributed by atoms with Crippen molar-refractivity contribution >= 4 is 5.97 Å². The van der Waals surface area contributed by atoms with Crippen molar-refractivity contribution in [3.8, 4) is 0 Å². The first-order valence-electron chi connectivity index (χ1n) is 6.81. The molecule has 0 spiro atoms. The summed E-state index contributed by atoms with van der Waals surface area (Å²) in [4.78, 5) is 14.3. The average molecular weight is 257 g/mol. The summed E-state index contributed by atoms with van der Waals surface area (Å²) in [7, 11) is 1.48. The van der Waals surface area contributed by atoms with Gasteiger partial charge in [-0.05, 0) is 18.9 Å². The Balaban J connectivity index is 1.90. The molecule has 2 unspecified atom stereocenters. The van der Waals surface area contributed by atoms with E-state index in [2.05, 4.69) is 36.1 Å². The monoisotopic (exact) mass is 257 g/mol. The standard InChI is InChI=1S/C16H19NO2/c1-11(12-6-4-3-5-7-12)17-14-9-8-13(10-14)15(17)16(18)19-2/h3-9,11,13-15H,10H2,1-2H3/t11-,13?,14?,15+/m1/s1. The van der Waals surface area contributed by atoms with Crippen LogP contribution in [0.1, 0.15) is 24.9 Å². The van der Waals surface area contributed by atoms with Gasteiger partial charge in [-0.3, -0.25) is 9.69 Å². The lowest BCUT2D eigenvalue weighted by Crippen LogP contribution is -2.45. The second-order valence-electron chi connectivity index (χ2n) is 5.35. The Kier molecular flexibility index (Phi) is 3.15. The van der Waals surface area contributed by atoms with E-state index in [1.807, 2.05) is 18.2 Å². The largest absolute Gasteiger partial charge is 0.468 e. The summed E-state index contributed by atoms with van der Waals surface area (Å²) in [6.07, 6.45) is 5.43. The molecule has 2 bridgehead atoms. The van der Waals surface area contributed by atoms with Crippen molar-refractivity contribution < 1.29 is 9.53 Å². The third kappa shape index (κ3) is 1.98. The maximum absolute atomic E-state index is 12.1. The van der Waals surface area contributed by atoms with E-state index in [-0.39, 0.29) is 18.1 Å². The van der Waals surface area contributed by atoms with Crippen LogP contribution in [-0.4, -0.2) is 30.1 Å². The smallest absolute Gasteiger partial charge is 0.323 e. The molecule has 0 N–H and O–H groups in total. The van der Waals surface area contributed by atoms with E-state index >= 15 is 0 Å². The summed E-state index contributed by atoms with van der Waals surface area (Å²) in [5.74, 6) is 0.197. The molecule has 3 nitrogen and oxygen atoms in total. The molecule has 2 aliphatic rings. The van der Waals surface area contributed by atoms with E-state index in [4.69, 9.17) is 4.74 Å². The van der Waals surface area contributed by atoms with Crippen LogP contribution in [0.2, 0.25) is 0 Å². The van der Waals surface area contributed by atoms with Crippen LogP contribution in [0.4, 0.5) is 0 Å². The highest BCUT2D eigenvalue weighted by Crippen LogP contribution is 2.42. The maximum atomic E-state index is 12.1. The molecule has 19 heavy (non-hydrogen) atoms. The topological polar surface area (TPSA) is 29.5 Å². The highest BCUT2D eigenvalue weighted by atomic mass is 16.5. The number of esters is 1. The van der Waals surface area contributed by atoms with Gasteiger partial charge in [0.25, 0.3) is 0 Å². The van der Waals surface area contributed by atoms with Gasteiger partial charge in [-0.1, -0.05) is 42.5 Å². The van der Waals surface area contributed by atoms with Crippen molar-refractivity contribution in [2.45, 2.75) is 31.5 Å². The summed E-state index contributed by atoms with van der Waals surface area (Å²) >= 11 is 0. The van der Waals surface area contributed by atoms with Gasteiger partial charge in [0.15, 0.2) is 0 Å². The van der Waals surface area contributed by atoms with Crippen molar-refractivity contribution in [2.24, 2.45) is 5.92 Å². The van der Waals surface area contributed by atoms with E-state index in [9.17, 15) is 4.79 Å². The Morgan fingerprint density at radius 3 is 2.74 bits per heavy atom. The Labute approximate surface area is 113 Å². The fraction of sp³-hybridized carbons (Fsp3) is 0.438. The fourth-order valence-corrected chi connectivity index (χ4v) is 3.44. The van der Waals surface area contributed by atoms with Crippen molar-refractivity contribution in [1.82, 2.24) is 4.90 Å². The van der Waals surface area contributed by atoms with Gasteiger partial charge in [0.2, 0.25) is 0 Å². The maximum Gasteiger partial charge on any atom is 0.323 e. The highest BCUT2D eigenvalue weighted by Gasteiger charge is 2.48. The molecule has 1 aromatic rings. The molecule has 3 heteroatoms. The molecule has 0 amide bonds. The Hall–Kier alpha value is -1.61. The van der Waals surface area contributed by atoms with Crippen LogP contribution in [-0.2, 0) is 9.53 Å². The third-order valence-electron chi connectivity index (χ3n) is 4.38. The van der Waals surface area contributed by atoms with Gasteiger partial charge in [0.05, 0.1) is 7.11 Å². The molecule has 0 radical (unpaired) electrons. The lowest BCUT2D eigenvalue weighted by atomic mass is 9.99.